The van der Waals surface area contributed by atoms with E-state index in [1.54, 1.807) is 0 Å². The topological polar surface area (TPSA) is 144 Å². The number of ether oxygens (including phenoxy) is 1. The molecule has 206 valence electrons. The van der Waals surface area contributed by atoms with Crippen LogP contribution in [0.3, 0.4) is 0 Å². The van der Waals surface area contributed by atoms with Gasteiger partial charge in [0.2, 0.25) is 0 Å². The van der Waals surface area contributed by atoms with Crippen molar-refractivity contribution in [2.75, 3.05) is 24.7 Å². The third kappa shape index (κ3) is 5.95. The molecular weight excluding hydrogens is 538 g/mol. The van der Waals surface area contributed by atoms with E-state index in [1.807, 2.05) is 0 Å². The Kier molecular flexibility index (Phi) is 7.86. The zero-order valence-electron chi connectivity index (χ0n) is 20.6. The largest absolute Gasteiger partial charge is 0.464 e. The number of carboxylic acid groups (broad SMARTS) is 1. The fraction of sp³-hybridized carbons (Fsp3) is 0.364. The van der Waals surface area contributed by atoms with Crippen molar-refractivity contribution in [2.45, 2.75) is 37.8 Å². The summed E-state index contributed by atoms with van der Waals surface area (Å²) >= 11 is 0. The average Bonchev–Trinajstić information content (AvgIpc) is 3.23. The van der Waals surface area contributed by atoms with E-state index in [-0.39, 0.29) is 24.6 Å². The summed E-state index contributed by atoms with van der Waals surface area (Å²) in [6.45, 7) is 3.08. The smallest absolute Gasteiger partial charge is 0.417 e. The van der Waals surface area contributed by atoms with Gasteiger partial charge in [-0.25, -0.2) is 50.1 Å². The van der Waals surface area contributed by atoms with Gasteiger partial charge in [0.25, 0.3) is 0 Å². The predicted molar refractivity (Wildman–Crippen MR) is 125 cm³/mol. The maximum atomic E-state index is 14.7. The van der Waals surface area contributed by atoms with Gasteiger partial charge in [0, 0.05) is 31.1 Å². The van der Waals surface area contributed by atoms with Crippen molar-refractivity contribution in [3.05, 3.63) is 47.4 Å². The molecule has 3 rings (SSSR count). The van der Waals surface area contributed by atoms with Crippen LogP contribution in [0.15, 0.2) is 23.5 Å². The number of benzene rings is 1. The van der Waals surface area contributed by atoms with Crippen LogP contribution < -0.4 is 5.32 Å². The number of nitrogens with one attached hydrogen (secondary N) is 1. The van der Waals surface area contributed by atoms with Gasteiger partial charge < -0.3 is 20.1 Å². The standard InChI is InChI=1S/C22H23F4N5O6S/c1-22(2,3)37-21(34)30(9-12-13(23)14(24)15(25)16(26)17(12)38(4,35)36)8-6-27-18-11-5-7-31(20(32)33)19(11)29-10-28-18/h5,7,10H,6,8-9H2,1-4H3,(H,32,33)(H,27,28,29). The highest BCUT2D eigenvalue weighted by atomic mass is 32.2. The lowest BCUT2D eigenvalue weighted by Gasteiger charge is -2.28. The van der Waals surface area contributed by atoms with Crippen molar-refractivity contribution in [1.82, 2.24) is 19.4 Å². The summed E-state index contributed by atoms with van der Waals surface area (Å²) in [5.41, 5.74) is -2.09. The van der Waals surface area contributed by atoms with Crippen LogP contribution in [-0.2, 0) is 21.1 Å². The number of fused-ring (bicyclic) bond motifs is 1. The molecule has 2 N–H and O–H groups in total. The van der Waals surface area contributed by atoms with Gasteiger partial charge in [-0.05, 0) is 26.8 Å². The van der Waals surface area contributed by atoms with Crippen LogP contribution >= 0.6 is 0 Å². The van der Waals surface area contributed by atoms with E-state index >= 15 is 0 Å². The molecule has 0 aliphatic heterocycles. The van der Waals surface area contributed by atoms with Crippen LogP contribution in [0.4, 0.5) is 33.0 Å². The lowest BCUT2D eigenvalue weighted by atomic mass is 10.1. The minimum absolute atomic E-state index is 0.0659. The van der Waals surface area contributed by atoms with E-state index in [4.69, 9.17) is 4.74 Å². The number of rotatable bonds is 7. The van der Waals surface area contributed by atoms with Gasteiger partial charge in [-0.2, -0.15) is 0 Å². The quantitative estimate of drug-likeness (QED) is 0.191. The maximum Gasteiger partial charge on any atom is 0.417 e. The van der Waals surface area contributed by atoms with Crippen molar-refractivity contribution >= 4 is 38.9 Å². The molecule has 1 aromatic carbocycles. The molecule has 3 aromatic rings. The molecule has 0 unspecified atom stereocenters. The number of halogens is 4. The number of carbonyl (C=O) groups excluding carboxylic acids is 1. The van der Waals surface area contributed by atoms with Gasteiger partial charge in [0.15, 0.2) is 38.8 Å². The lowest BCUT2D eigenvalue weighted by Crippen LogP contribution is -2.39. The van der Waals surface area contributed by atoms with Gasteiger partial charge >= 0.3 is 12.2 Å². The number of amides is 1. The average molecular weight is 562 g/mol. The molecule has 2 aromatic heterocycles. The Balaban J connectivity index is 1.96. The Morgan fingerprint density at radius 1 is 1.11 bits per heavy atom. The molecule has 0 saturated heterocycles. The van der Waals surface area contributed by atoms with E-state index in [2.05, 4.69) is 15.3 Å². The van der Waals surface area contributed by atoms with E-state index in [0.29, 0.717) is 11.6 Å². The number of hydrogen-bond donors (Lipinski definition) is 2. The highest BCUT2D eigenvalue weighted by Crippen LogP contribution is 2.29. The van der Waals surface area contributed by atoms with Gasteiger partial charge in [-0.1, -0.05) is 0 Å². The monoisotopic (exact) mass is 561 g/mol. The number of nitrogens with zero attached hydrogens (tertiary/aromatic N) is 4. The molecule has 16 heteroatoms. The Hall–Kier alpha value is -3.95. The Labute approximate surface area is 214 Å². The lowest BCUT2D eigenvalue weighted by molar-refractivity contribution is 0.0237. The number of sulfone groups is 1. The van der Waals surface area contributed by atoms with Crippen LogP contribution in [-0.4, -0.2) is 70.1 Å². The van der Waals surface area contributed by atoms with Crippen molar-refractivity contribution in [3.8, 4) is 0 Å². The summed E-state index contributed by atoms with van der Waals surface area (Å²) in [6.07, 6.45) is 0.436. The first kappa shape index (κ1) is 28.6. The van der Waals surface area contributed by atoms with E-state index < -0.39 is 67.9 Å². The normalized spacial score (nSPS) is 12.0. The van der Waals surface area contributed by atoms with Gasteiger partial charge in [-0.15, -0.1) is 0 Å². The number of hydrogen-bond acceptors (Lipinski definition) is 8. The zero-order valence-corrected chi connectivity index (χ0v) is 21.4. The second-order valence-electron chi connectivity index (χ2n) is 9.09. The number of aromatic nitrogens is 3. The third-order valence-electron chi connectivity index (χ3n) is 5.05. The van der Waals surface area contributed by atoms with E-state index in [0.717, 1.165) is 15.8 Å². The zero-order chi connectivity index (χ0) is 28.6. The van der Waals surface area contributed by atoms with Crippen LogP contribution in [0.1, 0.15) is 26.3 Å². The summed E-state index contributed by atoms with van der Waals surface area (Å²) in [6, 6.07) is 1.43. The molecule has 0 aliphatic carbocycles. The second-order valence-corrected chi connectivity index (χ2v) is 11.0. The van der Waals surface area contributed by atoms with Gasteiger partial charge in [0.05, 0.1) is 11.9 Å². The molecule has 0 spiro atoms. The first-order chi connectivity index (χ1) is 17.5. The maximum absolute atomic E-state index is 14.7. The summed E-state index contributed by atoms with van der Waals surface area (Å²) in [7, 11) is -4.61. The summed E-state index contributed by atoms with van der Waals surface area (Å²) in [5, 5.41) is 12.4. The predicted octanol–water partition coefficient (Wildman–Crippen LogP) is 3.77. The molecule has 0 radical (unpaired) electrons. The molecular formula is C22H23F4N5O6S. The fourth-order valence-corrected chi connectivity index (χ4v) is 4.51. The molecule has 2 heterocycles. The van der Waals surface area contributed by atoms with Crippen molar-refractivity contribution in [3.63, 3.8) is 0 Å². The molecule has 38 heavy (non-hydrogen) atoms. The highest BCUT2D eigenvalue weighted by Gasteiger charge is 2.33. The minimum Gasteiger partial charge on any atom is -0.464 e. The van der Waals surface area contributed by atoms with Gasteiger partial charge in [0.1, 0.15) is 22.6 Å². The van der Waals surface area contributed by atoms with Crippen LogP contribution in [0, 0.1) is 23.3 Å². The second kappa shape index (κ2) is 10.4. The minimum atomic E-state index is -4.61. The molecule has 0 atom stereocenters. The summed E-state index contributed by atoms with van der Waals surface area (Å²) < 4.78 is 87.4. The Morgan fingerprint density at radius 3 is 2.32 bits per heavy atom. The van der Waals surface area contributed by atoms with E-state index in [9.17, 15) is 40.7 Å². The molecule has 0 saturated carbocycles. The molecule has 0 bridgehead atoms. The SMILES string of the molecule is CC(C)(C)OC(=O)N(CCNc1ncnc2c1ccn2C(=O)O)Cc1c(F)c(F)c(F)c(F)c1S(C)(=O)=O. The van der Waals surface area contributed by atoms with Crippen molar-refractivity contribution in [2.24, 2.45) is 0 Å². The fourth-order valence-electron chi connectivity index (χ4n) is 3.49. The van der Waals surface area contributed by atoms with Crippen LogP contribution in [0.2, 0.25) is 0 Å². The summed E-state index contributed by atoms with van der Waals surface area (Å²) in [5.74, 6) is -8.47. The number of anilines is 1. The van der Waals surface area contributed by atoms with Crippen molar-refractivity contribution < 1.29 is 45.4 Å². The Bertz CT molecular complexity index is 1520. The first-order valence-electron chi connectivity index (χ1n) is 10.8. The first-order valence-corrected chi connectivity index (χ1v) is 12.7. The molecule has 0 fully saturated rings. The highest BCUT2D eigenvalue weighted by molar-refractivity contribution is 7.90. The molecule has 0 aliphatic rings. The Morgan fingerprint density at radius 2 is 1.74 bits per heavy atom. The number of carbonyl (C=O) groups is 2. The summed E-state index contributed by atoms with van der Waals surface area (Å²) in [4.78, 5) is 31.4. The van der Waals surface area contributed by atoms with Gasteiger partial charge in [-0.3, -0.25) is 0 Å². The molecule has 1 amide bonds. The third-order valence-corrected chi connectivity index (χ3v) is 6.22. The van der Waals surface area contributed by atoms with E-state index in [1.165, 1.54) is 33.0 Å². The molecule has 11 nitrogen and oxygen atoms in total. The van der Waals surface area contributed by atoms with Crippen molar-refractivity contribution in [1.29, 1.82) is 0 Å². The van der Waals surface area contributed by atoms with Crippen LogP contribution in [0.5, 0.6) is 0 Å². The van der Waals surface area contributed by atoms with Crippen LogP contribution in [0.25, 0.3) is 11.0 Å².